The maximum absolute atomic E-state index is 13.3. The number of rotatable bonds is 6. The van der Waals surface area contributed by atoms with Crippen molar-refractivity contribution >= 4 is 17.6 Å². The van der Waals surface area contributed by atoms with Crippen LogP contribution >= 0.6 is 11.6 Å². The van der Waals surface area contributed by atoms with Crippen LogP contribution < -0.4 is 4.74 Å². The van der Waals surface area contributed by atoms with E-state index in [2.05, 4.69) is 4.98 Å². The van der Waals surface area contributed by atoms with E-state index in [1.54, 1.807) is 19.9 Å². The molecule has 32 heavy (non-hydrogen) atoms. The van der Waals surface area contributed by atoms with E-state index >= 15 is 0 Å². The van der Waals surface area contributed by atoms with Crippen molar-refractivity contribution in [3.8, 4) is 17.7 Å². The maximum Gasteiger partial charge on any atom is 0.426 e. The van der Waals surface area contributed by atoms with Gasteiger partial charge in [-0.05, 0) is 29.5 Å². The highest BCUT2D eigenvalue weighted by atomic mass is 35.5. The molecule has 0 aliphatic heterocycles. The molecule has 1 aromatic heterocycles. The average molecular weight is 469 g/mol. The summed E-state index contributed by atoms with van der Waals surface area (Å²) in [6.45, 7) is 3.21. The second kappa shape index (κ2) is 8.79. The molecule has 5 nitrogen and oxygen atoms in total. The first-order valence-electron chi connectivity index (χ1n) is 9.38. The standard InChI is InChI=1S/C22H17ClF4N2O3/c1-21(2)14(10-17(23)22(25,26)27)19(21)20(30)32-16(11-28)15-7-4-8-18(29-15)31-13-6-3-5-12(24)9-13/h3-10,14,16,19H,1-2H3. The normalized spacial score (nSPS) is 20.8. The molecule has 0 radical (unpaired) electrons. The Morgan fingerprint density at radius 2 is 1.97 bits per heavy atom. The number of ether oxygens (including phenoxy) is 2. The van der Waals surface area contributed by atoms with Crippen LogP contribution in [0.1, 0.15) is 25.6 Å². The van der Waals surface area contributed by atoms with Crippen LogP contribution in [0.2, 0.25) is 0 Å². The third-order valence-electron chi connectivity index (χ3n) is 5.14. The molecule has 3 unspecified atom stereocenters. The Balaban J connectivity index is 1.73. The van der Waals surface area contributed by atoms with Gasteiger partial charge in [-0.2, -0.15) is 18.4 Å². The predicted molar refractivity (Wildman–Crippen MR) is 106 cm³/mol. The fourth-order valence-electron chi connectivity index (χ4n) is 3.32. The molecule has 0 bridgehead atoms. The molecule has 1 fully saturated rings. The van der Waals surface area contributed by atoms with Gasteiger partial charge >= 0.3 is 12.1 Å². The van der Waals surface area contributed by atoms with E-state index in [1.807, 2.05) is 0 Å². The van der Waals surface area contributed by atoms with E-state index < -0.39 is 46.3 Å². The molecule has 0 spiro atoms. The van der Waals surface area contributed by atoms with Crippen molar-refractivity contribution in [3.05, 3.63) is 65.1 Å². The minimum atomic E-state index is -4.71. The van der Waals surface area contributed by atoms with Gasteiger partial charge in [0.25, 0.3) is 0 Å². The Labute approximate surface area is 186 Å². The van der Waals surface area contributed by atoms with Crippen molar-refractivity contribution in [3.63, 3.8) is 0 Å². The highest BCUT2D eigenvalue weighted by molar-refractivity contribution is 6.30. The lowest BCUT2D eigenvalue weighted by atomic mass is 10.1. The summed E-state index contributed by atoms with van der Waals surface area (Å²) in [5.41, 5.74) is -0.772. The summed E-state index contributed by atoms with van der Waals surface area (Å²) >= 11 is 5.30. The van der Waals surface area contributed by atoms with E-state index in [1.165, 1.54) is 36.4 Å². The van der Waals surface area contributed by atoms with Crippen LogP contribution in [-0.2, 0) is 9.53 Å². The summed E-state index contributed by atoms with van der Waals surface area (Å²) in [6.07, 6.45) is -5.34. The summed E-state index contributed by atoms with van der Waals surface area (Å²) in [5.74, 6) is -2.83. The van der Waals surface area contributed by atoms with Crippen LogP contribution in [0, 0.1) is 34.4 Å². The van der Waals surface area contributed by atoms with Crippen molar-refractivity contribution in [1.82, 2.24) is 4.98 Å². The van der Waals surface area contributed by atoms with Gasteiger partial charge in [0, 0.05) is 12.1 Å². The molecule has 1 aliphatic rings. The largest absolute Gasteiger partial charge is 0.440 e. The van der Waals surface area contributed by atoms with Gasteiger partial charge in [-0.3, -0.25) is 4.79 Å². The molecule has 1 aromatic carbocycles. The van der Waals surface area contributed by atoms with Crippen LogP contribution in [0.5, 0.6) is 11.6 Å². The van der Waals surface area contributed by atoms with Crippen LogP contribution in [0.3, 0.4) is 0 Å². The topological polar surface area (TPSA) is 72.2 Å². The molecule has 1 aliphatic carbocycles. The monoisotopic (exact) mass is 468 g/mol. The second-order valence-corrected chi connectivity index (χ2v) is 8.15. The number of allylic oxidation sites excluding steroid dienone is 2. The molecular formula is C22H17ClF4N2O3. The molecule has 0 saturated heterocycles. The highest BCUT2D eigenvalue weighted by Gasteiger charge is 2.62. The van der Waals surface area contributed by atoms with Gasteiger partial charge in [0.2, 0.25) is 12.0 Å². The first-order chi connectivity index (χ1) is 14.9. The van der Waals surface area contributed by atoms with Gasteiger partial charge in [-0.15, -0.1) is 0 Å². The summed E-state index contributed by atoms with van der Waals surface area (Å²) in [4.78, 5) is 16.7. The van der Waals surface area contributed by atoms with E-state index in [4.69, 9.17) is 21.1 Å². The Morgan fingerprint density at radius 3 is 2.59 bits per heavy atom. The quantitative estimate of drug-likeness (QED) is 0.379. The summed E-state index contributed by atoms with van der Waals surface area (Å²) in [7, 11) is 0. The molecule has 3 atom stereocenters. The summed E-state index contributed by atoms with van der Waals surface area (Å²) in [6, 6.07) is 11.5. The van der Waals surface area contributed by atoms with E-state index in [-0.39, 0.29) is 17.3 Å². The van der Waals surface area contributed by atoms with Crippen molar-refractivity contribution in [2.45, 2.75) is 26.1 Å². The molecule has 1 saturated carbocycles. The number of alkyl halides is 3. The number of carbonyl (C=O) groups is 1. The number of benzene rings is 1. The first-order valence-corrected chi connectivity index (χ1v) is 9.76. The smallest absolute Gasteiger partial charge is 0.426 e. The van der Waals surface area contributed by atoms with Crippen molar-refractivity contribution in [1.29, 1.82) is 5.26 Å². The number of hydrogen-bond acceptors (Lipinski definition) is 5. The molecule has 10 heteroatoms. The van der Waals surface area contributed by atoms with E-state index in [9.17, 15) is 27.6 Å². The number of pyridine rings is 1. The fourth-order valence-corrected chi connectivity index (χ4v) is 3.45. The fraction of sp³-hybridized carbons (Fsp3) is 0.318. The predicted octanol–water partition coefficient (Wildman–Crippen LogP) is 6.08. The Morgan fingerprint density at radius 1 is 1.28 bits per heavy atom. The molecule has 168 valence electrons. The van der Waals surface area contributed by atoms with Crippen LogP contribution in [0.4, 0.5) is 17.6 Å². The van der Waals surface area contributed by atoms with Crippen LogP contribution in [0.15, 0.2) is 53.6 Å². The maximum atomic E-state index is 13.3. The lowest BCUT2D eigenvalue weighted by Crippen LogP contribution is -2.15. The number of halogens is 5. The SMILES string of the molecule is CC1(C)C(C=C(Cl)C(F)(F)F)C1C(=O)OC(C#N)c1cccc(Oc2cccc(F)c2)n1. The average Bonchev–Trinajstić information content (AvgIpc) is 3.25. The zero-order valence-electron chi connectivity index (χ0n) is 16.9. The van der Waals surface area contributed by atoms with Gasteiger partial charge < -0.3 is 9.47 Å². The van der Waals surface area contributed by atoms with Gasteiger partial charge in [0.1, 0.15) is 22.7 Å². The number of esters is 1. The molecular weight excluding hydrogens is 452 g/mol. The van der Waals surface area contributed by atoms with Gasteiger partial charge in [0.05, 0.1) is 11.6 Å². The molecule has 0 N–H and O–H groups in total. The highest BCUT2D eigenvalue weighted by Crippen LogP contribution is 2.60. The molecule has 0 amide bonds. The Hall–Kier alpha value is -3.12. The second-order valence-electron chi connectivity index (χ2n) is 7.74. The summed E-state index contributed by atoms with van der Waals surface area (Å²) in [5, 5.41) is 8.14. The first kappa shape index (κ1) is 23.5. The number of aromatic nitrogens is 1. The van der Waals surface area contributed by atoms with Gasteiger partial charge in [-0.1, -0.05) is 43.7 Å². The molecule has 1 heterocycles. The summed E-state index contributed by atoms with van der Waals surface area (Å²) < 4.78 is 62.2. The molecule has 2 aromatic rings. The zero-order chi connectivity index (χ0) is 23.7. The Bertz CT molecular complexity index is 1100. The third kappa shape index (κ3) is 5.19. The minimum absolute atomic E-state index is 0.0360. The van der Waals surface area contributed by atoms with E-state index in [0.717, 1.165) is 12.1 Å². The molecule has 3 rings (SSSR count). The Kier molecular flexibility index (Phi) is 6.46. The number of nitriles is 1. The lowest BCUT2D eigenvalue weighted by Gasteiger charge is -2.12. The van der Waals surface area contributed by atoms with E-state index in [0.29, 0.717) is 0 Å². The minimum Gasteiger partial charge on any atom is -0.440 e. The number of nitrogens with zero attached hydrogens (tertiary/aromatic N) is 2. The van der Waals surface area contributed by atoms with Crippen LogP contribution in [0.25, 0.3) is 0 Å². The zero-order valence-corrected chi connectivity index (χ0v) is 17.6. The third-order valence-corrected chi connectivity index (χ3v) is 5.49. The van der Waals surface area contributed by atoms with Crippen molar-refractivity contribution in [2.24, 2.45) is 17.3 Å². The van der Waals surface area contributed by atoms with Crippen LogP contribution in [-0.4, -0.2) is 17.1 Å². The number of hydrogen-bond donors (Lipinski definition) is 0. The van der Waals surface area contributed by atoms with Gasteiger partial charge in [-0.25, -0.2) is 9.37 Å². The number of carbonyl (C=O) groups excluding carboxylic acids is 1. The lowest BCUT2D eigenvalue weighted by molar-refractivity contribution is -0.149. The van der Waals surface area contributed by atoms with Crippen molar-refractivity contribution in [2.75, 3.05) is 0 Å². The van der Waals surface area contributed by atoms with Gasteiger partial charge in [0.15, 0.2) is 0 Å². The van der Waals surface area contributed by atoms with Crippen molar-refractivity contribution < 1.29 is 31.8 Å².